The first-order chi connectivity index (χ1) is 11.4. The van der Waals surface area contributed by atoms with Gasteiger partial charge in [0.05, 0.1) is 17.1 Å². The van der Waals surface area contributed by atoms with Gasteiger partial charge in [-0.3, -0.25) is 4.79 Å². The first-order valence-corrected chi connectivity index (χ1v) is 8.80. The summed E-state index contributed by atoms with van der Waals surface area (Å²) in [6.07, 6.45) is 4.09. The molecule has 24 heavy (non-hydrogen) atoms. The average Bonchev–Trinajstić information content (AvgIpc) is 3.29. The summed E-state index contributed by atoms with van der Waals surface area (Å²) in [6, 6.07) is 2.13. The predicted molar refractivity (Wildman–Crippen MR) is 95.0 cm³/mol. The molecule has 1 amide bonds. The molecule has 1 aliphatic rings. The fraction of sp³-hybridized carbons (Fsp3) is 0.611. The van der Waals surface area contributed by atoms with Gasteiger partial charge in [-0.15, -0.1) is 0 Å². The zero-order valence-electron chi connectivity index (χ0n) is 14.9. The van der Waals surface area contributed by atoms with E-state index in [9.17, 15) is 4.79 Å². The van der Waals surface area contributed by atoms with E-state index in [1.54, 1.807) is 6.20 Å². The fourth-order valence-corrected chi connectivity index (χ4v) is 2.90. The summed E-state index contributed by atoms with van der Waals surface area (Å²) < 4.78 is 1.87. The Morgan fingerprint density at radius 3 is 2.67 bits per heavy atom. The van der Waals surface area contributed by atoms with Gasteiger partial charge in [0.1, 0.15) is 0 Å². The second-order valence-corrected chi connectivity index (χ2v) is 7.38. The second kappa shape index (κ2) is 6.51. The molecule has 2 heterocycles. The number of nitrogens with two attached hydrogens (primary N) is 1. The molecule has 0 bridgehead atoms. The Morgan fingerprint density at radius 2 is 2.08 bits per heavy atom. The summed E-state index contributed by atoms with van der Waals surface area (Å²) in [6.45, 7) is 8.79. The van der Waals surface area contributed by atoms with Crippen molar-refractivity contribution < 1.29 is 4.79 Å². The minimum absolute atomic E-state index is 0.0502. The standard InChI is InChI=1S/C18H27N5O/c1-10(2)16-7-13(18(24)20-9-15(19)12-5-6-12)14-8-21-23(11(3)4)17(14)22-16/h7-8,10-12,15H,5-6,9,19H2,1-4H3,(H,20,24). The monoisotopic (exact) mass is 329 g/mol. The predicted octanol–water partition coefficient (Wildman–Crippen LogP) is 2.60. The van der Waals surface area contributed by atoms with Gasteiger partial charge in [-0.2, -0.15) is 5.10 Å². The Bertz CT molecular complexity index is 745. The molecule has 130 valence electrons. The van der Waals surface area contributed by atoms with Gasteiger partial charge in [0.25, 0.3) is 5.91 Å². The maximum Gasteiger partial charge on any atom is 0.252 e. The van der Waals surface area contributed by atoms with Gasteiger partial charge in [-0.1, -0.05) is 13.8 Å². The van der Waals surface area contributed by atoms with E-state index >= 15 is 0 Å². The molecule has 3 rings (SSSR count). The quantitative estimate of drug-likeness (QED) is 0.853. The summed E-state index contributed by atoms with van der Waals surface area (Å²) in [5, 5.41) is 8.21. The molecule has 2 aromatic heterocycles. The third-order valence-electron chi connectivity index (χ3n) is 4.64. The number of fused-ring (bicyclic) bond motifs is 1. The summed E-state index contributed by atoms with van der Waals surface area (Å²) in [5.74, 6) is 0.714. The molecule has 0 aromatic carbocycles. The third kappa shape index (κ3) is 3.29. The second-order valence-electron chi connectivity index (χ2n) is 7.38. The lowest BCUT2D eigenvalue weighted by molar-refractivity contribution is 0.0951. The molecule has 1 aliphatic carbocycles. The molecule has 1 unspecified atom stereocenters. The highest BCUT2D eigenvalue weighted by Crippen LogP contribution is 2.31. The number of nitrogens with one attached hydrogen (secondary N) is 1. The number of carbonyl (C=O) groups is 1. The van der Waals surface area contributed by atoms with Crippen LogP contribution in [0.2, 0.25) is 0 Å². The molecule has 1 atom stereocenters. The van der Waals surface area contributed by atoms with E-state index < -0.39 is 0 Å². The molecular formula is C18H27N5O. The molecule has 0 saturated heterocycles. The Kier molecular flexibility index (Phi) is 4.58. The van der Waals surface area contributed by atoms with Crippen LogP contribution in [-0.4, -0.2) is 33.3 Å². The summed E-state index contributed by atoms with van der Waals surface area (Å²) >= 11 is 0. The Morgan fingerprint density at radius 1 is 1.38 bits per heavy atom. The molecule has 1 saturated carbocycles. The molecular weight excluding hydrogens is 302 g/mol. The van der Waals surface area contributed by atoms with Gasteiger partial charge in [0.15, 0.2) is 5.65 Å². The topological polar surface area (TPSA) is 85.8 Å². The minimum atomic E-state index is -0.0938. The smallest absolute Gasteiger partial charge is 0.252 e. The highest BCUT2D eigenvalue weighted by atomic mass is 16.1. The van der Waals surface area contributed by atoms with Crippen LogP contribution in [0.1, 0.15) is 68.5 Å². The molecule has 2 aromatic rings. The first kappa shape index (κ1) is 16.9. The molecule has 6 nitrogen and oxygen atoms in total. The van der Waals surface area contributed by atoms with Crippen molar-refractivity contribution >= 4 is 16.9 Å². The van der Waals surface area contributed by atoms with Crippen LogP contribution in [0.15, 0.2) is 12.3 Å². The first-order valence-electron chi connectivity index (χ1n) is 8.80. The fourth-order valence-electron chi connectivity index (χ4n) is 2.90. The van der Waals surface area contributed by atoms with Crippen molar-refractivity contribution in [1.82, 2.24) is 20.1 Å². The molecule has 1 fully saturated rings. The van der Waals surface area contributed by atoms with Gasteiger partial charge < -0.3 is 11.1 Å². The van der Waals surface area contributed by atoms with E-state index in [1.807, 2.05) is 10.7 Å². The van der Waals surface area contributed by atoms with E-state index in [0.717, 1.165) is 16.7 Å². The van der Waals surface area contributed by atoms with Crippen LogP contribution >= 0.6 is 0 Å². The number of hydrogen-bond acceptors (Lipinski definition) is 4. The number of aromatic nitrogens is 3. The van der Waals surface area contributed by atoms with Crippen molar-refractivity contribution in [1.29, 1.82) is 0 Å². The lowest BCUT2D eigenvalue weighted by Crippen LogP contribution is -2.38. The van der Waals surface area contributed by atoms with E-state index in [0.29, 0.717) is 18.0 Å². The Labute approximate surface area is 142 Å². The number of rotatable bonds is 6. The molecule has 0 spiro atoms. The maximum atomic E-state index is 12.7. The van der Waals surface area contributed by atoms with E-state index in [1.165, 1.54) is 12.8 Å². The van der Waals surface area contributed by atoms with Crippen molar-refractivity contribution in [2.24, 2.45) is 11.7 Å². The van der Waals surface area contributed by atoms with Crippen molar-refractivity contribution in [2.75, 3.05) is 6.54 Å². The highest BCUT2D eigenvalue weighted by Gasteiger charge is 2.29. The van der Waals surface area contributed by atoms with Crippen LogP contribution in [0.3, 0.4) is 0 Å². The lowest BCUT2D eigenvalue weighted by Gasteiger charge is -2.14. The van der Waals surface area contributed by atoms with Crippen molar-refractivity contribution in [3.63, 3.8) is 0 Å². The summed E-state index contributed by atoms with van der Waals surface area (Å²) in [7, 11) is 0. The van der Waals surface area contributed by atoms with Crippen LogP contribution in [0, 0.1) is 5.92 Å². The van der Waals surface area contributed by atoms with Gasteiger partial charge >= 0.3 is 0 Å². The number of amides is 1. The van der Waals surface area contributed by atoms with E-state index in [2.05, 4.69) is 38.1 Å². The van der Waals surface area contributed by atoms with E-state index in [4.69, 9.17) is 10.7 Å². The number of nitrogens with zero attached hydrogens (tertiary/aromatic N) is 3. The number of hydrogen-bond donors (Lipinski definition) is 2. The highest BCUT2D eigenvalue weighted by molar-refractivity contribution is 6.05. The van der Waals surface area contributed by atoms with Crippen LogP contribution in [-0.2, 0) is 0 Å². The van der Waals surface area contributed by atoms with Gasteiger partial charge in [-0.25, -0.2) is 9.67 Å². The third-order valence-corrected chi connectivity index (χ3v) is 4.64. The van der Waals surface area contributed by atoms with E-state index in [-0.39, 0.29) is 23.9 Å². The molecule has 0 aliphatic heterocycles. The van der Waals surface area contributed by atoms with Crippen LogP contribution in [0.5, 0.6) is 0 Å². The summed E-state index contributed by atoms with van der Waals surface area (Å²) in [4.78, 5) is 17.5. The normalized spacial score (nSPS) is 16.1. The molecule has 0 radical (unpaired) electrons. The van der Waals surface area contributed by atoms with Crippen LogP contribution in [0.4, 0.5) is 0 Å². The lowest BCUT2D eigenvalue weighted by atomic mass is 10.0. The SMILES string of the molecule is CC(C)c1cc(C(=O)NCC(N)C2CC2)c2cnn(C(C)C)c2n1. The number of carbonyl (C=O) groups excluding carboxylic acids is 1. The minimum Gasteiger partial charge on any atom is -0.350 e. The van der Waals surface area contributed by atoms with Crippen molar-refractivity contribution in [3.8, 4) is 0 Å². The van der Waals surface area contributed by atoms with Crippen molar-refractivity contribution in [3.05, 3.63) is 23.5 Å². The molecule has 3 N–H and O–H groups in total. The van der Waals surface area contributed by atoms with Crippen LogP contribution < -0.4 is 11.1 Å². The summed E-state index contributed by atoms with van der Waals surface area (Å²) in [5.41, 5.74) is 8.41. The number of pyridine rings is 1. The zero-order chi connectivity index (χ0) is 17.4. The van der Waals surface area contributed by atoms with Crippen molar-refractivity contribution in [2.45, 2.75) is 58.5 Å². The van der Waals surface area contributed by atoms with Gasteiger partial charge in [0, 0.05) is 24.3 Å². The van der Waals surface area contributed by atoms with Crippen LogP contribution in [0.25, 0.3) is 11.0 Å². The van der Waals surface area contributed by atoms with Gasteiger partial charge in [0.2, 0.25) is 0 Å². The Hall–Kier alpha value is -1.95. The zero-order valence-corrected chi connectivity index (χ0v) is 14.9. The average molecular weight is 329 g/mol. The Balaban J connectivity index is 1.94. The van der Waals surface area contributed by atoms with Gasteiger partial charge in [-0.05, 0) is 44.6 Å². The molecule has 6 heteroatoms. The largest absolute Gasteiger partial charge is 0.350 e. The maximum absolute atomic E-state index is 12.7.